The number of amides is 1. The van der Waals surface area contributed by atoms with E-state index in [2.05, 4.69) is 0 Å². The van der Waals surface area contributed by atoms with E-state index in [-0.39, 0.29) is 34.6 Å². The van der Waals surface area contributed by atoms with Crippen molar-refractivity contribution in [1.29, 1.82) is 0 Å². The molecule has 0 atom stereocenters. The van der Waals surface area contributed by atoms with Gasteiger partial charge in [0, 0.05) is 13.7 Å². The number of carboxylic acids is 1. The Balaban J connectivity index is 2.24. The van der Waals surface area contributed by atoms with Crippen LogP contribution in [0.2, 0.25) is 5.02 Å². The number of ether oxygens (including phenoxy) is 1. The maximum atomic E-state index is 12.5. The highest BCUT2D eigenvalue weighted by atomic mass is 35.5. The summed E-state index contributed by atoms with van der Waals surface area (Å²) < 4.78 is 31.0. The van der Waals surface area contributed by atoms with Gasteiger partial charge >= 0.3 is 5.97 Å². The van der Waals surface area contributed by atoms with Gasteiger partial charge in [-0.1, -0.05) is 11.6 Å². The molecule has 0 spiro atoms. The molecule has 1 N–H and O–H groups in total. The van der Waals surface area contributed by atoms with Gasteiger partial charge in [-0.2, -0.15) is 4.31 Å². The first-order chi connectivity index (χ1) is 10.8. The molecule has 1 fully saturated rings. The zero-order valence-corrected chi connectivity index (χ0v) is 13.8. The van der Waals surface area contributed by atoms with E-state index in [9.17, 15) is 18.0 Å². The fourth-order valence-electron chi connectivity index (χ4n) is 2.11. The zero-order chi connectivity index (χ0) is 17.2. The summed E-state index contributed by atoms with van der Waals surface area (Å²) in [5.41, 5.74) is -0.190. The van der Waals surface area contributed by atoms with E-state index in [1.54, 1.807) is 0 Å². The predicted molar refractivity (Wildman–Crippen MR) is 80.8 cm³/mol. The maximum absolute atomic E-state index is 12.5. The third-order valence-electron chi connectivity index (χ3n) is 3.37. The predicted octanol–water partition coefficient (Wildman–Crippen LogP) is 0.475. The van der Waals surface area contributed by atoms with E-state index in [0.29, 0.717) is 13.2 Å². The Labute approximate surface area is 138 Å². The second-order valence-electron chi connectivity index (χ2n) is 4.85. The minimum Gasteiger partial charge on any atom is -0.478 e. The first-order valence-electron chi connectivity index (χ1n) is 6.57. The van der Waals surface area contributed by atoms with Crippen molar-refractivity contribution < 1.29 is 27.9 Å². The number of aromatic carboxylic acids is 1. The van der Waals surface area contributed by atoms with E-state index in [0.717, 1.165) is 22.5 Å². The second kappa shape index (κ2) is 6.83. The zero-order valence-electron chi connectivity index (χ0n) is 12.2. The van der Waals surface area contributed by atoms with Crippen molar-refractivity contribution in [3.05, 3.63) is 28.8 Å². The molecule has 23 heavy (non-hydrogen) atoms. The molecule has 0 radical (unpaired) electrons. The minimum atomic E-state index is -3.94. The van der Waals surface area contributed by atoms with E-state index in [1.807, 2.05) is 0 Å². The Bertz CT molecular complexity index is 736. The highest BCUT2D eigenvalue weighted by Crippen LogP contribution is 2.25. The molecule has 1 aliphatic heterocycles. The van der Waals surface area contributed by atoms with Crippen LogP contribution >= 0.6 is 11.6 Å². The van der Waals surface area contributed by atoms with Gasteiger partial charge in [-0.15, -0.1) is 0 Å². The summed E-state index contributed by atoms with van der Waals surface area (Å²) in [6.45, 7) is 0.242. The van der Waals surface area contributed by atoms with Gasteiger partial charge in [-0.3, -0.25) is 4.79 Å². The Hall–Kier alpha value is -1.68. The Morgan fingerprint density at radius 2 is 2.13 bits per heavy atom. The summed E-state index contributed by atoms with van der Waals surface area (Å²) in [4.78, 5) is 24.0. The molecular weight excluding hydrogens is 348 g/mol. The molecule has 0 aromatic heterocycles. The van der Waals surface area contributed by atoms with Crippen LogP contribution in [0, 0.1) is 0 Å². The highest BCUT2D eigenvalue weighted by molar-refractivity contribution is 7.89. The second-order valence-corrected chi connectivity index (χ2v) is 7.20. The first kappa shape index (κ1) is 17.7. The van der Waals surface area contributed by atoms with E-state index < -0.39 is 16.0 Å². The van der Waals surface area contributed by atoms with Crippen LogP contribution in [-0.4, -0.2) is 68.1 Å². The molecule has 1 saturated heterocycles. The number of hydrogen-bond donors (Lipinski definition) is 1. The van der Waals surface area contributed by atoms with Crippen LogP contribution < -0.4 is 0 Å². The van der Waals surface area contributed by atoms with Crippen LogP contribution in [0.15, 0.2) is 23.1 Å². The molecule has 1 heterocycles. The quantitative estimate of drug-likeness (QED) is 0.789. The molecule has 10 heteroatoms. The van der Waals surface area contributed by atoms with Gasteiger partial charge in [-0.05, 0) is 18.2 Å². The summed E-state index contributed by atoms with van der Waals surface area (Å²) in [7, 11) is -2.45. The van der Waals surface area contributed by atoms with Crippen molar-refractivity contribution >= 4 is 33.5 Å². The standard InChI is InChI=1S/C13H15ClN2O6S/c1-22-5-4-15-8-16(7-12(15)17)23(20,21)9-2-3-10(13(18)19)11(14)6-9/h2-3,6H,4-5,7-8H2,1H3,(H,18,19). The van der Waals surface area contributed by atoms with E-state index in [1.165, 1.54) is 12.0 Å². The fraction of sp³-hybridized carbons (Fsp3) is 0.385. The van der Waals surface area contributed by atoms with Crippen LogP contribution in [0.5, 0.6) is 0 Å². The maximum Gasteiger partial charge on any atom is 0.337 e. The number of carbonyl (C=O) groups excluding carboxylic acids is 1. The number of halogens is 1. The van der Waals surface area contributed by atoms with Crippen LogP contribution in [-0.2, 0) is 19.6 Å². The number of methoxy groups -OCH3 is 1. The van der Waals surface area contributed by atoms with Gasteiger partial charge in [0.25, 0.3) is 0 Å². The summed E-state index contributed by atoms with van der Waals surface area (Å²) >= 11 is 5.81. The van der Waals surface area contributed by atoms with Crippen LogP contribution in [0.25, 0.3) is 0 Å². The first-order valence-corrected chi connectivity index (χ1v) is 8.39. The van der Waals surface area contributed by atoms with Gasteiger partial charge in [-0.25, -0.2) is 13.2 Å². The van der Waals surface area contributed by atoms with Crippen molar-refractivity contribution in [3.8, 4) is 0 Å². The van der Waals surface area contributed by atoms with Crippen molar-refractivity contribution in [2.75, 3.05) is 33.5 Å². The molecular formula is C13H15ClN2O6S. The van der Waals surface area contributed by atoms with Crippen molar-refractivity contribution in [1.82, 2.24) is 9.21 Å². The van der Waals surface area contributed by atoms with Gasteiger partial charge < -0.3 is 14.7 Å². The summed E-state index contributed by atoms with van der Waals surface area (Å²) in [5, 5.41) is 8.74. The van der Waals surface area contributed by atoms with E-state index >= 15 is 0 Å². The van der Waals surface area contributed by atoms with Crippen molar-refractivity contribution in [3.63, 3.8) is 0 Å². The number of sulfonamides is 1. The number of hydrogen-bond acceptors (Lipinski definition) is 5. The third kappa shape index (κ3) is 3.63. The topological polar surface area (TPSA) is 104 Å². The molecule has 0 aliphatic carbocycles. The van der Waals surface area contributed by atoms with Gasteiger partial charge in [0.1, 0.15) is 0 Å². The lowest BCUT2D eigenvalue weighted by Crippen LogP contribution is -2.32. The molecule has 8 nitrogen and oxygen atoms in total. The molecule has 126 valence electrons. The van der Waals surface area contributed by atoms with Gasteiger partial charge in [0.05, 0.1) is 35.3 Å². The van der Waals surface area contributed by atoms with Crippen LogP contribution in [0.1, 0.15) is 10.4 Å². The molecule has 0 unspecified atom stereocenters. The van der Waals surface area contributed by atoms with Crippen LogP contribution in [0.4, 0.5) is 0 Å². The fourth-order valence-corrected chi connectivity index (χ4v) is 3.81. The molecule has 1 amide bonds. The van der Waals surface area contributed by atoms with Gasteiger partial charge in [0.2, 0.25) is 15.9 Å². The smallest absolute Gasteiger partial charge is 0.337 e. The van der Waals surface area contributed by atoms with Crippen LogP contribution in [0.3, 0.4) is 0 Å². The molecule has 2 rings (SSSR count). The number of carboxylic acid groups (broad SMARTS) is 1. The minimum absolute atomic E-state index is 0.0805. The Morgan fingerprint density at radius 3 is 2.70 bits per heavy atom. The lowest BCUT2D eigenvalue weighted by molar-refractivity contribution is -0.127. The Morgan fingerprint density at radius 1 is 1.43 bits per heavy atom. The molecule has 1 aromatic carbocycles. The average Bonchev–Trinajstić information content (AvgIpc) is 2.86. The molecule has 1 aliphatic rings. The molecule has 1 aromatic rings. The molecule has 0 bridgehead atoms. The number of benzene rings is 1. The van der Waals surface area contributed by atoms with Gasteiger partial charge in [0.15, 0.2) is 0 Å². The average molecular weight is 363 g/mol. The summed E-state index contributed by atoms with van der Waals surface area (Å²) in [6, 6.07) is 3.35. The van der Waals surface area contributed by atoms with Crippen molar-refractivity contribution in [2.24, 2.45) is 0 Å². The number of carbonyl (C=O) groups is 2. The number of rotatable bonds is 6. The van der Waals surface area contributed by atoms with E-state index in [4.69, 9.17) is 21.4 Å². The third-order valence-corrected chi connectivity index (χ3v) is 5.45. The largest absolute Gasteiger partial charge is 0.478 e. The normalized spacial score (nSPS) is 16.1. The highest BCUT2D eigenvalue weighted by Gasteiger charge is 2.36. The summed E-state index contributed by atoms with van der Waals surface area (Å²) in [6.07, 6.45) is 0. The number of nitrogens with zero attached hydrogens (tertiary/aromatic N) is 2. The molecule has 0 saturated carbocycles. The Kier molecular flexibility index (Phi) is 5.25. The van der Waals surface area contributed by atoms with Crippen molar-refractivity contribution in [2.45, 2.75) is 4.90 Å². The monoisotopic (exact) mass is 362 g/mol. The lowest BCUT2D eigenvalue weighted by atomic mass is 10.2. The lowest BCUT2D eigenvalue weighted by Gasteiger charge is -2.18. The SMILES string of the molecule is COCCN1CN(S(=O)(=O)c2ccc(C(=O)O)c(Cl)c2)CC1=O. The summed E-state index contributed by atoms with van der Waals surface area (Å²) in [5.74, 6) is -1.57.